The Hall–Kier alpha value is -2.86. The van der Waals surface area contributed by atoms with Crippen molar-refractivity contribution in [3.63, 3.8) is 0 Å². The predicted molar refractivity (Wildman–Crippen MR) is 96.0 cm³/mol. The first kappa shape index (κ1) is 17.0. The molecule has 6 nitrogen and oxygen atoms in total. The Balaban J connectivity index is 2.06. The number of aryl methyl sites for hydroxylation is 1. The van der Waals surface area contributed by atoms with Crippen LogP contribution in [-0.4, -0.2) is 21.0 Å². The van der Waals surface area contributed by atoms with Gasteiger partial charge in [-0.25, -0.2) is 0 Å². The molecule has 1 aromatic heterocycles. The number of aliphatic carboxylic acids is 1. The molecule has 0 unspecified atom stereocenters. The lowest BCUT2D eigenvalue weighted by Gasteiger charge is -2.05. The normalized spacial score (nSPS) is 10.9. The van der Waals surface area contributed by atoms with Crippen molar-refractivity contribution in [2.24, 2.45) is 0 Å². The van der Waals surface area contributed by atoms with Crippen LogP contribution in [0.2, 0.25) is 5.02 Å². The number of benzene rings is 2. The average molecular weight is 359 g/mol. The number of hydrogen-bond donors (Lipinski definition) is 2. The van der Waals surface area contributed by atoms with Crippen LogP contribution in [0.15, 0.2) is 42.5 Å². The third kappa shape index (κ3) is 3.64. The Labute approximate surface area is 148 Å². The number of nitro benzene ring substituents is 1. The number of H-pyrrole nitrogens is 1. The molecule has 25 heavy (non-hydrogen) atoms. The third-order valence-electron chi connectivity index (χ3n) is 4.05. The molecule has 0 saturated heterocycles. The number of nitro groups is 1. The number of fused-ring (bicyclic) bond motifs is 1. The Morgan fingerprint density at radius 2 is 1.92 bits per heavy atom. The van der Waals surface area contributed by atoms with Crippen molar-refractivity contribution >= 4 is 34.2 Å². The van der Waals surface area contributed by atoms with E-state index in [-0.39, 0.29) is 12.1 Å². The fraction of sp³-hybridized carbons (Fsp3) is 0.167. The number of aromatic nitrogens is 1. The van der Waals surface area contributed by atoms with Gasteiger partial charge < -0.3 is 10.1 Å². The molecular formula is C18H15ClN2O4. The number of halogens is 1. The topological polar surface area (TPSA) is 96.2 Å². The third-order valence-corrected chi connectivity index (χ3v) is 4.29. The Bertz CT molecular complexity index is 948. The molecule has 0 aliphatic heterocycles. The van der Waals surface area contributed by atoms with Crippen LogP contribution < -0.4 is 0 Å². The maximum absolute atomic E-state index is 10.8. The molecule has 2 N–H and O–H groups in total. The van der Waals surface area contributed by atoms with E-state index in [0.29, 0.717) is 17.9 Å². The zero-order valence-corrected chi connectivity index (χ0v) is 13.9. The summed E-state index contributed by atoms with van der Waals surface area (Å²) in [7, 11) is 0. The number of nitrogens with zero attached hydrogens (tertiary/aromatic N) is 1. The van der Waals surface area contributed by atoms with Crippen molar-refractivity contribution in [2.45, 2.75) is 19.3 Å². The van der Waals surface area contributed by atoms with Crippen LogP contribution in [0.1, 0.15) is 18.4 Å². The lowest BCUT2D eigenvalue weighted by molar-refractivity contribution is -0.384. The van der Waals surface area contributed by atoms with Gasteiger partial charge in [-0.15, -0.1) is 0 Å². The molecule has 0 fully saturated rings. The second-order valence-electron chi connectivity index (χ2n) is 5.72. The summed E-state index contributed by atoms with van der Waals surface area (Å²) in [5.74, 6) is -0.838. The van der Waals surface area contributed by atoms with E-state index in [1.807, 2.05) is 12.1 Å². The van der Waals surface area contributed by atoms with E-state index in [0.717, 1.165) is 27.7 Å². The zero-order chi connectivity index (χ0) is 18.0. The van der Waals surface area contributed by atoms with Gasteiger partial charge in [0.15, 0.2) is 0 Å². The van der Waals surface area contributed by atoms with Gasteiger partial charge in [0, 0.05) is 40.2 Å². The zero-order valence-electron chi connectivity index (χ0n) is 13.2. The maximum atomic E-state index is 10.8. The van der Waals surface area contributed by atoms with E-state index >= 15 is 0 Å². The molecule has 0 amide bonds. The van der Waals surface area contributed by atoms with Crippen LogP contribution in [0.5, 0.6) is 0 Å². The molecule has 0 atom stereocenters. The van der Waals surface area contributed by atoms with Crippen LogP contribution in [0.3, 0.4) is 0 Å². The lowest BCUT2D eigenvalue weighted by Crippen LogP contribution is -1.96. The molecule has 1 heterocycles. The fourth-order valence-electron chi connectivity index (χ4n) is 2.89. The first-order valence-corrected chi connectivity index (χ1v) is 8.10. The van der Waals surface area contributed by atoms with E-state index in [1.54, 1.807) is 18.2 Å². The van der Waals surface area contributed by atoms with Crippen LogP contribution in [0.25, 0.3) is 22.2 Å². The van der Waals surface area contributed by atoms with Crippen LogP contribution >= 0.6 is 11.6 Å². The summed E-state index contributed by atoms with van der Waals surface area (Å²) in [5.41, 5.74) is 3.52. The Kier molecular flexibility index (Phi) is 4.72. The molecule has 0 saturated carbocycles. The lowest BCUT2D eigenvalue weighted by atomic mass is 10.00. The minimum absolute atomic E-state index is 0.0235. The highest BCUT2D eigenvalue weighted by Gasteiger charge is 2.15. The van der Waals surface area contributed by atoms with E-state index in [9.17, 15) is 14.9 Å². The van der Waals surface area contributed by atoms with Gasteiger partial charge in [-0.1, -0.05) is 11.6 Å². The van der Waals surface area contributed by atoms with Gasteiger partial charge in [0.05, 0.1) is 4.92 Å². The number of aromatic amines is 1. The number of non-ortho nitro benzene ring substituents is 1. The van der Waals surface area contributed by atoms with E-state index < -0.39 is 10.9 Å². The van der Waals surface area contributed by atoms with Crippen molar-refractivity contribution in [1.82, 2.24) is 4.98 Å². The summed E-state index contributed by atoms with van der Waals surface area (Å²) >= 11 is 6.10. The molecule has 0 radical (unpaired) electrons. The molecule has 0 aliphatic carbocycles. The second-order valence-corrected chi connectivity index (χ2v) is 6.16. The summed E-state index contributed by atoms with van der Waals surface area (Å²) in [5, 5.41) is 21.2. The van der Waals surface area contributed by atoms with E-state index in [1.165, 1.54) is 12.1 Å². The first-order valence-electron chi connectivity index (χ1n) is 7.72. The molecule has 3 aromatic rings. The van der Waals surface area contributed by atoms with Crippen molar-refractivity contribution in [2.75, 3.05) is 0 Å². The molecule has 0 bridgehead atoms. The molecule has 2 aromatic carbocycles. The number of rotatable bonds is 6. The predicted octanol–water partition coefficient (Wildman–Crippen LogP) is 4.80. The average Bonchev–Trinajstić information content (AvgIpc) is 2.92. The first-order chi connectivity index (χ1) is 12.0. The van der Waals surface area contributed by atoms with Gasteiger partial charge in [0.2, 0.25) is 0 Å². The van der Waals surface area contributed by atoms with Crippen LogP contribution in [0, 0.1) is 10.1 Å². The standard InChI is InChI=1S/C18H15ClN2O4/c19-12-6-9-16-15(10-12)14(2-1-3-17(22)23)18(20-16)11-4-7-13(8-5-11)21(24)25/h4-10,20H,1-3H2,(H,22,23). The van der Waals surface area contributed by atoms with Gasteiger partial charge in [-0.3, -0.25) is 14.9 Å². The quantitative estimate of drug-likeness (QED) is 0.488. The molecular weight excluding hydrogens is 344 g/mol. The van der Waals surface area contributed by atoms with Crippen molar-refractivity contribution in [1.29, 1.82) is 0 Å². The van der Waals surface area contributed by atoms with Crippen molar-refractivity contribution in [3.8, 4) is 11.3 Å². The summed E-state index contributed by atoms with van der Waals surface area (Å²) in [6.07, 6.45) is 1.14. The van der Waals surface area contributed by atoms with Crippen molar-refractivity contribution < 1.29 is 14.8 Å². The van der Waals surface area contributed by atoms with Gasteiger partial charge in [0.25, 0.3) is 5.69 Å². The summed E-state index contributed by atoms with van der Waals surface area (Å²) in [4.78, 5) is 24.5. The fourth-order valence-corrected chi connectivity index (χ4v) is 3.06. The minimum Gasteiger partial charge on any atom is -0.481 e. The highest BCUT2D eigenvalue weighted by Crippen LogP contribution is 2.33. The van der Waals surface area contributed by atoms with Gasteiger partial charge in [0.1, 0.15) is 0 Å². The summed E-state index contributed by atoms with van der Waals surface area (Å²) in [6.45, 7) is 0. The number of carboxylic acid groups (broad SMARTS) is 1. The molecule has 3 rings (SSSR count). The van der Waals surface area contributed by atoms with Gasteiger partial charge in [-0.2, -0.15) is 0 Å². The van der Waals surface area contributed by atoms with Crippen LogP contribution in [0.4, 0.5) is 5.69 Å². The largest absolute Gasteiger partial charge is 0.481 e. The van der Waals surface area contributed by atoms with Gasteiger partial charge in [-0.05, 0) is 54.3 Å². The van der Waals surface area contributed by atoms with Gasteiger partial charge >= 0.3 is 5.97 Å². The SMILES string of the molecule is O=C(O)CCCc1c(-c2ccc([N+](=O)[O-])cc2)[nH]c2ccc(Cl)cc12. The maximum Gasteiger partial charge on any atom is 0.303 e. The Morgan fingerprint density at radius 3 is 2.56 bits per heavy atom. The van der Waals surface area contributed by atoms with Crippen molar-refractivity contribution in [3.05, 3.63) is 63.2 Å². The number of nitrogens with one attached hydrogen (secondary N) is 1. The molecule has 7 heteroatoms. The second kappa shape index (κ2) is 6.94. The summed E-state index contributed by atoms with van der Waals surface area (Å²) in [6, 6.07) is 11.8. The highest BCUT2D eigenvalue weighted by atomic mass is 35.5. The van der Waals surface area contributed by atoms with Crippen LogP contribution in [-0.2, 0) is 11.2 Å². The molecule has 0 spiro atoms. The highest BCUT2D eigenvalue weighted by molar-refractivity contribution is 6.31. The molecule has 0 aliphatic rings. The minimum atomic E-state index is -0.838. The van der Waals surface area contributed by atoms with E-state index in [4.69, 9.17) is 16.7 Å². The number of carboxylic acids is 1. The molecule has 128 valence electrons. The number of carbonyl (C=O) groups is 1. The summed E-state index contributed by atoms with van der Waals surface area (Å²) < 4.78 is 0. The monoisotopic (exact) mass is 358 g/mol. The Morgan fingerprint density at radius 1 is 1.20 bits per heavy atom. The smallest absolute Gasteiger partial charge is 0.303 e. The number of hydrogen-bond acceptors (Lipinski definition) is 3. The van der Waals surface area contributed by atoms with E-state index in [2.05, 4.69) is 4.98 Å².